The lowest BCUT2D eigenvalue weighted by atomic mass is 10.0. The smallest absolute Gasteiger partial charge is 0.347 e. The normalized spacial score (nSPS) is 11.7. The fraction of sp³-hybridized carbons (Fsp3) is 0.423. The number of nitrogens with zero attached hydrogens (tertiary/aromatic N) is 2. The van der Waals surface area contributed by atoms with Gasteiger partial charge in [0.15, 0.2) is 11.3 Å². The van der Waals surface area contributed by atoms with Crippen LogP contribution in [-0.4, -0.2) is 48.7 Å². The van der Waals surface area contributed by atoms with E-state index in [-0.39, 0.29) is 31.3 Å². The van der Waals surface area contributed by atoms with Gasteiger partial charge >= 0.3 is 5.97 Å². The lowest BCUT2D eigenvalue weighted by molar-refractivity contribution is -0.0575. The predicted molar refractivity (Wildman–Crippen MR) is 138 cm³/mol. The molecule has 36 heavy (non-hydrogen) atoms. The molecule has 8 nitrogen and oxygen atoms in total. The van der Waals surface area contributed by atoms with Gasteiger partial charge in [0.2, 0.25) is 0 Å². The highest BCUT2D eigenvalue weighted by molar-refractivity contribution is 6.76. The van der Waals surface area contributed by atoms with Crippen LogP contribution in [0.5, 0.6) is 5.75 Å². The molecule has 2 aromatic heterocycles. The Morgan fingerprint density at radius 1 is 1.17 bits per heavy atom. The monoisotopic (exact) mass is 516 g/mol. The maximum atomic E-state index is 14.0. The number of carbonyl (C=O) groups is 1. The number of pyridine rings is 2. The van der Waals surface area contributed by atoms with E-state index in [1.54, 1.807) is 25.3 Å². The Balaban J connectivity index is 1.81. The third-order valence-corrected chi connectivity index (χ3v) is 7.43. The minimum absolute atomic E-state index is 0.0696. The summed E-state index contributed by atoms with van der Waals surface area (Å²) in [5, 5.41) is 10.6. The summed E-state index contributed by atoms with van der Waals surface area (Å²) in [5.74, 6) is -1.78. The summed E-state index contributed by atoms with van der Waals surface area (Å²) in [5.41, 5.74) is 1.59. The number of halogens is 1. The summed E-state index contributed by atoms with van der Waals surface area (Å²) in [6, 6.07) is 7.25. The average Bonchev–Trinajstić information content (AvgIpc) is 2.81. The topological polar surface area (TPSA) is 99.9 Å². The Kier molecular flexibility index (Phi) is 8.99. The maximum Gasteiger partial charge on any atom is 0.347 e. The van der Waals surface area contributed by atoms with E-state index < -0.39 is 30.9 Å². The molecular formula is C26H33FN2O6Si. The molecule has 0 radical (unpaired) electrons. The number of aryl methyl sites for hydroxylation is 1. The predicted octanol–water partition coefficient (Wildman–Crippen LogP) is 4.37. The first-order chi connectivity index (χ1) is 17.0. The van der Waals surface area contributed by atoms with Crippen molar-refractivity contribution in [2.45, 2.75) is 45.6 Å². The molecule has 3 aromatic rings. The van der Waals surface area contributed by atoms with Gasteiger partial charge in [-0.05, 0) is 54.3 Å². The lowest BCUT2D eigenvalue weighted by Crippen LogP contribution is -2.26. The first-order valence-electron chi connectivity index (χ1n) is 11.8. The van der Waals surface area contributed by atoms with E-state index in [0.717, 1.165) is 17.2 Å². The Hall–Kier alpha value is -3.08. The average molecular weight is 517 g/mol. The second-order valence-electron chi connectivity index (χ2n) is 9.79. The number of carbonyl (C=O) groups excluding carboxylic acids is 1. The van der Waals surface area contributed by atoms with E-state index in [2.05, 4.69) is 24.6 Å². The van der Waals surface area contributed by atoms with Crippen LogP contribution >= 0.6 is 0 Å². The molecule has 10 heteroatoms. The number of benzene rings is 1. The molecule has 0 saturated carbocycles. The summed E-state index contributed by atoms with van der Waals surface area (Å²) in [6.45, 7) is 9.45. The van der Waals surface area contributed by atoms with Crippen LogP contribution in [0.25, 0.3) is 11.0 Å². The number of hydrogen-bond acceptors (Lipinski definition) is 7. The van der Waals surface area contributed by atoms with Crippen LogP contribution in [0.2, 0.25) is 25.7 Å². The van der Waals surface area contributed by atoms with Crippen LogP contribution in [0.3, 0.4) is 0 Å². The molecular weight excluding hydrogens is 483 g/mol. The minimum atomic E-state index is -1.18. The van der Waals surface area contributed by atoms with Crippen LogP contribution in [0.4, 0.5) is 4.39 Å². The van der Waals surface area contributed by atoms with Gasteiger partial charge in [-0.25, -0.2) is 9.18 Å². The fourth-order valence-corrected chi connectivity index (χ4v) is 4.44. The molecule has 1 N–H and O–H groups in total. The van der Waals surface area contributed by atoms with Crippen LogP contribution in [0.15, 0.2) is 35.3 Å². The van der Waals surface area contributed by atoms with Gasteiger partial charge in [-0.15, -0.1) is 0 Å². The largest absolute Gasteiger partial charge is 0.505 e. The molecule has 0 atom stereocenters. The molecule has 0 bridgehead atoms. The molecule has 2 heterocycles. The molecule has 1 aromatic carbocycles. The van der Waals surface area contributed by atoms with E-state index in [0.29, 0.717) is 24.1 Å². The summed E-state index contributed by atoms with van der Waals surface area (Å²) >= 11 is 0. The molecule has 0 aliphatic heterocycles. The first-order valence-corrected chi connectivity index (χ1v) is 15.5. The summed E-state index contributed by atoms with van der Waals surface area (Å²) < 4.78 is 31.3. The summed E-state index contributed by atoms with van der Waals surface area (Å²) in [7, 11) is 0.317. The third-order valence-electron chi connectivity index (χ3n) is 5.73. The van der Waals surface area contributed by atoms with E-state index in [1.165, 1.54) is 23.7 Å². The number of fused-ring (bicyclic) bond motifs is 1. The van der Waals surface area contributed by atoms with Gasteiger partial charge in [0.25, 0.3) is 5.56 Å². The van der Waals surface area contributed by atoms with Crippen molar-refractivity contribution in [1.82, 2.24) is 9.55 Å². The number of aromatic hydroxyl groups is 1. The maximum absolute atomic E-state index is 14.0. The van der Waals surface area contributed by atoms with E-state index in [4.69, 9.17) is 14.2 Å². The summed E-state index contributed by atoms with van der Waals surface area (Å²) in [4.78, 5) is 29.2. The Labute approximate surface area is 210 Å². The first kappa shape index (κ1) is 27.5. The van der Waals surface area contributed by atoms with Crippen molar-refractivity contribution in [2.75, 3.05) is 20.0 Å². The van der Waals surface area contributed by atoms with E-state index in [9.17, 15) is 19.1 Å². The fourth-order valence-electron chi connectivity index (χ4n) is 3.68. The van der Waals surface area contributed by atoms with Crippen molar-refractivity contribution >= 4 is 25.1 Å². The van der Waals surface area contributed by atoms with Gasteiger partial charge in [-0.3, -0.25) is 9.78 Å². The van der Waals surface area contributed by atoms with Gasteiger partial charge in [0.1, 0.15) is 18.1 Å². The number of hydrogen-bond donors (Lipinski definition) is 1. The van der Waals surface area contributed by atoms with Gasteiger partial charge < -0.3 is 23.9 Å². The number of rotatable bonds is 11. The Morgan fingerprint density at radius 2 is 1.92 bits per heavy atom. The molecule has 0 aliphatic rings. The Morgan fingerprint density at radius 3 is 2.61 bits per heavy atom. The second kappa shape index (κ2) is 11.8. The van der Waals surface area contributed by atoms with E-state index in [1.807, 2.05) is 0 Å². The highest BCUT2D eigenvalue weighted by atomic mass is 28.3. The number of aromatic nitrogens is 2. The molecule has 0 unspecified atom stereocenters. The van der Waals surface area contributed by atoms with Crippen molar-refractivity contribution in [3.05, 3.63) is 68.9 Å². The zero-order chi connectivity index (χ0) is 26.5. The standard InChI is InChI=1S/C26H33FN2O6Si/c1-6-35-26(32)22-24(30)23-21(29(2)25(22)31)12-17(14-28-23)11-18-7-8-20(27)13-19(18)15-34-16-33-9-10-36(3,4)5/h7-8,12-14,30H,6,9-11,15-16H2,1-5H3. The minimum Gasteiger partial charge on any atom is -0.505 e. The Bertz CT molecular complexity index is 1300. The van der Waals surface area contributed by atoms with Crippen molar-refractivity contribution in [1.29, 1.82) is 0 Å². The van der Waals surface area contributed by atoms with Gasteiger partial charge in [-0.1, -0.05) is 25.7 Å². The lowest BCUT2D eigenvalue weighted by Gasteiger charge is -2.16. The van der Waals surface area contributed by atoms with Gasteiger partial charge in [0.05, 0.1) is 18.7 Å². The number of esters is 1. The van der Waals surface area contributed by atoms with Crippen molar-refractivity contribution in [3.8, 4) is 5.75 Å². The molecule has 3 rings (SSSR count). The molecule has 0 fully saturated rings. The van der Waals surface area contributed by atoms with Crippen molar-refractivity contribution in [2.24, 2.45) is 7.05 Å². The quantitative estimate of drug-likeness (QED) is 0.175. The molecule has 0 aliphatic carbocycles. The molecule has 194 valence electrons. The van der Waals surface area contributed by atoms with Crippen molar-refractivity contribution in [3.63, 3.8) is 0 Å². The molecule has 0 saturated heterocycles. The zero-order valence-corrected chi connectivity index (χ0v) is 22.4. The zero-order valence-electron chi connectivity index (χ0n) is 21.4. The van der Waals surface area contributed by atoms with Crippen molar-refractivity contribution < 1.29 is 28.5 Å². The molecule has 0 amide bonds. The van der Waals surface area contributed by atoms with Crippen LogP contribution in [0, 0.1) is 5.82 Å². The van der Waals surface area contributed by atoms with Gasteiger partial charge in [-0.2, -0.15) is 0 Å². The summed E-state index contributed by atoms with van der Waals surface area (Å²) in [6.07, 6.45) is 1.95. The number of ether oxygens (including phenoxy) is 3. The second-order valence-corrected chi connectivity index (χ2v) is 15.4. The van der Waals surface area contributed by atoms with Crippen LogP contribution < -0.4 is 5.56 Å². The third kappa shape index (κ3) is 6.77. The van der Waals surface area contributed by atoms with E-state index >= 15 is 0 Å². The highest BCUT2D eigenvalue weighted by Crippen LogP contribution is 2.26. The molecule has 0 spiro atoms. The van der Waals surface area contributed by atoms with Crippen LogP contribution in [-0.2, 0) is 34.3 Å². The SMILES string of the molecule is CCOC(=O)c1c(O)c2ncc(Cc3ccc(F)cc3COCOCC[Si](C)(C)C)cc2n(C)c1=O. The highest BCUT2D eigenvalue weighted by Gasteiger charge is 2.23. The van der Waals surface area contributed by atoms with Crippen LogP contribution in [0.1, 0.15) is 34.0 Å². The van der Waals surface area contributed by atoms with Gasteiger partial charge in [0, 0.05) is 27.9 Å².